The van der Waals surface area contributed by atoms with Crippen molar-refractivity contribution in [2.24, 2.45) is 0 Å². The summed E-state index contributed by atoms with van der Waals surface area (Å²) in [6.45, 7) is 6.07. The van der Waals surface area contributed by atoms with E-state index in [1.807, 2.05) is 12.1 Å². The van der Waals surface area contributed by atoms with Gasteiger partial charge in [-0.3, -0.25) is 4.79 Å². The maximum Gasteiger partial charge on any atom is 0.253 e. The van der Waals surface area contributed by atoms with Crippen molar-refractivity contribution >= 4 is 15.9 Å². The fraction of sp³-hybridized carbons (Fsp3) is 0.350. The van der Waals surface area contributed by atoms with E-state index in [-0.39, 0.29) is 16.8 Å². The van der Waals surface area contributed by atoms with Crippen LogP contribution in [0.1, 0.15) is 42.3 Å². The molecule has 0 aliphatic carbocycles. The molecule has 2 aromatic rings. The Kier molecular flexibility index (Phi) is 6.56. The second-order valence-corrected chi connectivity index (χ2v) is 8.35. The maximum absolute atomic E-state index is 12.7. The van der Waals surface area contributed by atoms with Crippen LogP contribution in [0.15, 0.2) is 53.4 Å². The first-order valence-electron chi connectivity index (χ1n) is 8.68. The molecule has 0 radical (unpaired) electrons. The molecule has 0 aliphatic rings. The van der Waals surface area contributed by atoms with E-state index < -0.39 is 10.0 Å². The number of carbonyl (C=O) groups excluding carboxylic acids is 1. The molecule has 0 bridgehead atoms. The van der Waals surface area contributed by atoms with E-state index in [2.05, 4.69) is 23.8 Å². The summed E-state index contributed by atoms with van der Waals surface area (Å²) in [5.41, 5.74) is 2.63. The number of benzene rings is 2. The third kappa shape index (κ3) is 5.16. The van der Waals surface area contributed by atoms with Gasteiger partial charge in [0, 0.05) is 25.2 Å². The average Bonchev–Trinajstić information content (AvgIpc) is 2.60. The third-order valence-corrected chi connectivity index (χ3v) is 5.64. The van der Waals surface area contributed by atoms with Crippen LogP contribution >= 0.6 is 0 Å². The van der Waals surface area contributed by atoms with Gasteiger partial charge >= 0.3 is 0 Å². The van der Waals surface area contributed by atoms with Crippen molar-refractivity contribution in [3.05, 3.63) is 65.2 Å². The van der Waals surface area contributed by atoms with Gasteiger partial charge in [-0.1, -0.05) is 37.3 Å². The number of nitrogens with zero attached hydrogens (tertiary/aromatic N) is 1. The van der Waals surface area contributed by atoms with Crippen molar-refractivity contribution in [3.8, 4) is 0 Å². The van der Waals surface area contributed by atoms with Crippen LogP contribution in [-0.2, 0) is 23.0 Å². The number of amides is 1. The molecule has 0 fully saturated rings. The number of hydrogen-bond donors (Lipinski definition) is 1. The van der Waals surface area contributed by atoms with Gasteiger partial charge in [0.2, 0.25) is 10.0 Å². The monoisotopic (exact) mass is 374 g/mol. The number of aryl methyl sites for hydroxylation is 1. The van der Waals surface area contributed by atoms with Crippen LogP contribution in [-0.4, -0.2) is 32.3 Å². The quantitative estimate of drug-likeness (QED) is 0.809. The van der Waals surface area contributed by atoms with Gasteiger partial charge in [0.1, 0.15) is 0 Å². The fourth-order valence-corrected chi connectivity index (χ4v) is 3.92. The van der Waals surface area contributed by atoms with E-state index in [1.54, 1.807) is 37.9 Å². The van der Waals surface area contributed by atoms with Crippen molar-refractivity contribution in [2.75, 3.05) is 7.05 Å². The second-order valence-electron chi connectivity index (χ2n) is 6.64. The van der Waals surface area contributed by atoms with Gasteiger partial charge in [-0.25, -0.2) is 13.1 Å². The van der Waals surface area contributed by atoms with Gasteiger partial charge in [-0.05, 0) is 49.6 Å². The maximum atomic E-state index is 12.7. The summed E-state index contributed by atoms with van der Waals surface area (Å²) < 4.78 is 27.1. The van der Waals surface area contributed by atoms with Crippen LogP contribution in [0.2, 0.25) is 0 Å². The van der Waals surface area contributed by atoms with E-state index >= 15 is 0 Å². The van der Waals surface area contributed by atoms with Crippen molar-refractivity contribution in [3.63, 3.8) is 0 Å². The molecular formula is C20H26N2O3S. The highest BCUT2D eigenvalue weighted by Gasteiger charge is 2.19. The highest BCUT2D eigenvalue weighted by molar-refractivity contribution is 7.89. The molecule has 0 aliphatic heterocycles. The highest BCUT2D eigenvalue weighted by atomic mass is 32.2. The SMILES string of the molecule is CCc1ccc(CN(C)C(=O)c2cccc(S(=O)(=O)NC(C)C)c2)cc1. The molecule has 2 rings (SSSR count). The second kappa shape index (κ2) is 8.47. The molecule has 1 N–H and O–H groups in total. The molecule has 0 atom stereocenters. The lowest BCUT2D eigenvalue weighted by atomic mass is 10.1. The smallest absolute Gasteiger partial charge is 0.253 e. The number of hydrogen-bond acceptors (Lipinski definition) is 3. The van der Waals surface area contributed by atoms with E-state index in [1.165, 1.54) is 17.7 Å². The van der Waals surface area contributed by atoms with Crippen molar-refractivity contribution in [2.45, 2.75) is 44.7 Å². The summed E-state index contributed by atoms with van der Waals surface area (Å²) >= 11 is 0. The Morgan fingerprint density at radius 1 is 1.08 bits per heavy atom. The summed E-state index contributed by atoms with van der Waals surface area (Å²) in [5, 5.41) is 0. The molecule has 0 saturated carbocycles. The van der Waals surface area contributed by atoms with Crippen LogP contribution in [0.4, 0.5) is 0 Å². The fourth-order valence-electron chi connectivity index (χ4n) is 2.62. The Hall–Kier alpha value is -2.18. The van der Waals surface area contributed by atoms with Gasteiger partial charge in [-0.2, -0.15) is 0 Å². The van der Waals surface area contributed by atoms with Gasteiger partial charge in [0.15, 0.2) is 0 Å². The first-order chi connectivity index (χ1) is 12.2. The minimum Gasteiger partial charge on any atom is -0.337 e. The average molecular weight is 375 g/mol. The first kappa shape index (κ1) is 20.1. The Bertz CT molecular complexity index is 859. The Morgan fingerprint density at radius 3 is 2.27 bits per heavy atom. The molecule has 2 aromatic carbocycles. The molecule has 0 unspecified atom stereocenters. The lowest BCUT2D eigenvalue weighted by Crippen LogP contribution is -2.31. The Balaban J connectivity index is 2.16. The Morgan fingerprint density at radius 2 is 1.69 bits per heavy atom. The van der Waals surface area contributed by atoms with Crippen LogP contribution in [0.3, 0.4) is 0 Å². The van der Waals surface area contributed by atoms with E-state index in [9.17, 15) is 13.2 Å². The van der Waals surface area contributed by atoms with E-state index in [4.69, 9.17) is 0 Å². The van der Waals surface area contributed by atoms with Crippen molar-refractivity contribution in [1.82, 2.24) is 9.62 Å². The van der Waals surface area contributed by atoms with Crippen LogP contribution in [0, 0.1) is 0 Å². The Labute approximate surface area is 156 Å². The zero-order valence-electron chi connectivity index (χ0n) is 15.7. The number of sulfonamides is 1. The van der Waals surface area contributed by atoms with Crippen LogP contribution in [0.25, 0.3) is 0 Å². The van der Waals surface area contributed by atoms with Gasteiger partial charge < -0.3 is 4.90 Å². The highest BCUT2D eigenvalue weighted by Crippen LogP contribution is 2.15. The zero-order valence-corrected chi connectivity index (χ0v) is 16.5. The summed E-state index contributed by atoms with van der Waals surface area (Å²) in [5.74, 6) is -0.217. The summed E-state index contributed by atoms with van der Waals surface area (Å²) in [7, 11) is -1.92. The largest absolute Gasteiger partial charge is 0.337 e. The lowest BCUT2D eigenvalue weighted by molar-refractivity contribution is 0.0785. The molecular weight excluding hydrogens is 348 g/mol. The summed E-state index contributed by atoms with van der Waals surface area (Å²) in [4.78, 5) is 14.4. The molecule has 0 spiro atoms. The summed E-state index contributed by atoms with van der Waals surface area (Å²) in [6, 6.07) is 14.0. The molecule has 0 aromatic heterocycles. The summed E-state index contributed by atoms with van der Waals surface area (Å²) in [6.07, 6.45) is 0.973. The standard InChI is InChI=1S/C20H26N2O3S/c1-5-16-9-11-17(12-10-16)14-22(4)20(23)18-7-6-8-19(13-18)26(24,25)21-15(2)3/h6-13,15,21H,5,14H2,1-4H3. The van der Waals surface area contributed by atoms with Gasteiger partial charge in [0.05, 0.1) is 4.90 Å². The number of nitrogens with one attached hydrogen (secondary N) is 1. The van der Waals surface area contributed by atoms with E-state index in [0.29, 0.717) is 12.1 Å². The van der Waals surface area contributed by atoms with Gasteiger partial charge in [-0.15, -0.1) is 0 Å². The minimum absolute atomic E-state index is 0.0951. The third-order valence-electron chi connectivity index (χ3n) is 3.98. The first-order valence-corrected chi connectivity index (χ1v) is 10.2. The predicted octanol–water partition coefficient (Wildman–Crippen LogP) is 3.21. The normalized spacial score (nSPS) is 11.6. The predicted molar refractivity (Wildman–Crippen MR) is 104 cm³/mol. The molecule has 6 heteroatoms. The topological polar surface area (TPSA) is 66.5 Å². The zero-order chi connectivity index (χ0) is 19.3. The van der Waals surface area contributed by atoms with Crippen LogP contribution in [0.5, 0.6) is 0 Å². The van der Waals surface area contributed by atoms with Crippen molar-refractivity contribution in [1.29, 1.82) is 0 Å². The number of rotatable bonds is 7. The molecule has 26 heavy (non-hydrogen) atoms. The lowest BCUT2D eigenvalue weighted by Gasteiger charge is -2.18. The van der Waals surface area contributed by atoms with Crippen molar-refractivity contribution < 1.29 is 13.2 Å². The van der Waals surface area contributed by atoms with Gasteiger partial charge in [0.25, 0.3) is 5.91 Å². The number of carbonyl (C=O) groups is 1. The molecule has 140 valence electrons. The van der Waals surface area contributed by atoms with E-state index in [0.717, 1.165) is 12.0 Å². The van der Waals surface area contributed by atoms with Crippen LogP contribution < -0.4 is 4.72 Å². The molecule has 1 amide bonds. The minimum atomic E-state index is -3.63. The molecule has 0 heterocycles. The molecule has 0 saturated heterocycles. The molecule has 5 nitrogen and oxygen atoms in total.